The second-order valence-electron chi connectivity index (χ2n) is 8.31. The van der Waals surface area contributed by atoms with Crippen LogP contribution >= 0.6 is 34.8 Å². The van der Waals surface area contributed by atoms with Gasteiger partial charge in [0.05, 0.1) is 12.1 Å². The Kier molecular flexibility index (Phi) is 11.7. The summed E-state index contributed by atoms with van der Waals surface area (Å²) in [5.74, 6) is 0.983. The number of methoxy groups -OCH3 is 1. The van der Waals surface area contributed by atoms with Crippen LogP contribution in [0.3, 0.4) is 0 Å². The molecule has 1 fully saturated rings. The molecular weight excluding hydrogens is 497 g/mol. The number of halogens is 3. The van der Waals surface area contributed by atoms with E-state index in [1.54, 1.807) is 13.2 Å². The van der Waals surface area contributed by atoms with Gasteiger partial charge in [-0.1, -0.05) is 48.9 Å². The minimum atomic E-state index is -0.748. The topological polar surface area (TPSA) is 63.2 Å². The molecule has 0 bridgehead atoms. The van der Waals surface area contributed by atoms with E-state index in [9.17, 15) is 4.79 Å². The molecule has 188 valence electrons. The van der Waals surface area contributed by atoms with E-state index in [1.807, 2.05) is 32.2 Å². The quantitative estimate of drug-likeness (QED) is 0.218. The summed E-state index contributed by atoms with van der Waals surface area (Å²) < 4.78 is 10.9. The summed E-state index contributed by atoms with van der Waals surface area (Å²) in [6, 6.07) is 0.308. The Bertz CT molecular complexity index is 882. The fraction of sp³-hybridized carbons (Fsp3) is 0.520. The van der Waals surface area contributed by atoms with E-state index in [0.29, 0.717) is 5.92 Å². The first-order chi connectivity index (χ1) is 16.2. The van der Waals surface area contributed by atoms with Gasteiger partial charge < -0.3 is 19.7 Å². The summed E-state index contributed by atoms with van der Waals surface area (Å²) in [4.78, 5) is 18.8. The van der Waals surface area contributed by atoms with Gasteiger partial charge in [-0.25, -0.2) is 4.99 Å². The number of ether oxygens (including phenoxy) is 2. The highest BCUT2D eigenvalue weighted by Gasteiger charge is 2.35. The van der Waals surface area contributed by atoms with Crippen LogP contribution in [0.4, 0.5) is 0 Å². The van der Waals surface area contributed by atoms with Crippen LogP contribution in [0, 0.1) is 5.92 Å². The molecule has 0 aromatic heterocycles. The Labute approximate surface area is 218 Å². The first-order valence-corrected chi connectivity index (χ1v) is 12.5. The van der Waals surface area contributed by atoms with Crippen LogP contribution in [-0.4, -0.2) is 59.9 Å². The smallest absolute Gasteiger partial charge is 0.246 e. The number of alkyl halides is 1. The molecule has 1 aliphatic carbocycles. The first kappa shape index (κ1) is 28.5. The Morgan fingerprint density at radius 1 is 1.29 bits per heavy atom. The van der Waals surface area contributed by atoms with Crippen molar-refractivity contribution in [3.63, 3.8) is 0 Å². The maximum atomic E-state index is 12.5. The lowest BCUT2D eigenvalue weighted by Gasteiger charge is -2.31. The maximum Gasteiger partial charge on any atom is 0.246 e. The van der Waals surface area contributed by atoms with E-state index in [1.165, 1.54) is 0 Å². The molecule has 1 amide bonds. The maximum absolute atomic E-state index is 12.5. The average molecular weight is 531 g/mol. The van der Waals surface area contributed by atoms with Crippen molar-refractivity contribution in [2.75, 3.05) is 20.3 Å². The molecule has 2 rings (SSSR count). The van der Waals surface area contributed by atoms with E-state index < -0.39 is 11.6 Å². The molecule has 0 radical (unpaired) electrons. The highest BCUT2D eigenvalue weighted by Crippen LogP contribution is 2.31. The fourth-order valence-corrected chi connectivity index (χ4v) is 4.80. The first-order valence-electron chi connectivity index (χ1n) is 11.3. The third-order valence-corrected chi connectivity index (χ3v) is 7.03. The molecule has 0 aromatic rings. The summed E-state index contributed by atoms with van der Waals surface area (Å²) in [7, 11) is 1.66. The number of carbonyl (C=O) groups is 1. The molecule has 5 atom stereocenters. The number of nitrogens with one attached hydrogen (secondary N) is 1. The van der Waals surface area contributed by atoms with E-state index in [4.69, 9.17) is 44.3 Å². The van der Waals surface area contributed by atoms with Crippen LogP contribution in [0.5, 0.6) is 0 Å². The van der Waals surface area contributed by atoms with E-state index >= 15 is 0 Å². The Morgan fingerprint density at radius 3 is 2.65 bits per heavy atom. The minimum Gasteiger partial charge on any atom is -0.497 e. The van der Waals surface area contributed by atoms with Crippen LogP contribution in [0.1, 0.15) is 33.6 Å². The molecule has 0 aromatic carbocycles. The molecule has 5 unspecified atom stereocenters. The number of allylic oxidation sites excluding steroid dienone is 4. The average Bonchev–Trinajstić information content (AvgIpc) is 3.17. The third kappa shape index (κ3) is 8.19. The number of nitrogens with zero attached hydrogens (tertiary/aromatic N) is 2. The largest absolute Gasteiger partial charge is 0.497 e. The molecule has 1 aliphatic heterocycles. The second-order valence-corrected chi connectivity index (χ2v) is 9.58. The molecule has 0 saturated heterocycles. The van der Waals surface area contributed by atoms with Crippen LogP contribution < -0.4 is 5.32 Å². The van der Waals surface area contributed by atoms with E-state index in [0.717, 1.165) is 30.7 Å². The number of hydrogen-bond donors (Lipinski definition) is 1. The van der Waals surface area contributed by atoms with Gasteiger partial charge in [-0.3, -0.25) is 4.79 Å². The summed E-state index contributed by atoms with van der Waals surface area (Å²) in [5, 5.41) is 2.90. The highest BCUT2D eigenvalue weighted by molar-refractivity contribution is 6.76. The van der Waals surface area contributed by atoms with Gasteiger partial charge in [0.15, 0.2) is 6.23 Å². The second kappa shape index (κ2) is 14.0. The van der Waals surface area contributed by atoms with Crippen LogP contribution in [0.2, 0.25) is 0 Å². The van der Waals surface area contributed by atoms with Crippen molar-refractivity contribution in [2.24, 2.45) is 10.9 Å². The van der Waals surface area contributed by atoms with Crippen molar-refractivity contribution in [1.29, 1.82) is 0 Å². The van der Waals surface area contributed by atoms with Crippen LogP contribution in [0.15, 0.2) is 64.5 Å². The number of rotatable bonds is 11. The number of amides is 1. The Hall–Kier alpha value is -1.73. The molecule has 34 heavy (non-hydrogen) atoms. The predicted molar refractivity (Wildman–Crippen MR) is 141 cm³/mol. The van der Waals surface area contributed by atoms with Crippen molar-refractivity contribution < 1.29 is 14.3 Å². The zero-order chi connectivity index (χ0) is 25.3. The fourth-order valence-electron chi connectivity index (χ4n) is 4.14. The molecule has 2 aliphatic rings. The summed E-state index contributed by atoms with van der Waals surface area (Å²) in [6.45, 7) is 10.7. The van der Waals surface area contributed by atoms with Gasteiger partial charge in [0, 0.05) is 18.6 Å². The van der Waals surface area contributed by atoms with E-state index in [-0.39, 0.29) is 34.8 Å². The third-order valence-electron chi connectivity index (χ3n) is 5.98. The van der Waals surface area contributed by atoms with Crippen molar-refractivity contribution in [3.8, 4) is 0 Å². The Balaban J connectivity index is 1.89. The van der Waals surface area contributed by atoms with Gasteiger partial charge in [0.25, 0.3) is 0 Å². The summed E-state index contributed by atoms with van der Waals surface area (Å²) >= 11 is 18.0. The zero-order valence-corrected chi connectivity index (χ0v) is 22.4. The van der Waals surface area contributed by atoms with Gasteiger partial charge in [-0.2, -0.15) is 0 Å². The Morgan fingerprint density at radius 2 is 2.03 bits per heavy atom. The molecule has 1 saturated carbocycles. The van der Waals surface area contributed by atoms with Gasteiger partial charge in [-0.15, -0.1) is 11.6 Å². The van der Waals surface area contributed by atoms with Crippen LogP contribution in [-0.2, 0) is 14.3 Å². The van der Waals surface area contributed by atoms with Gasteiger partial charge >= 0.3 is 0 Å². The predicted octanol–water partition coefficient (Wildman–Crippen LogP) is 5.49. The number of carbonyl (C=O) groups excluding carboxylic acids is 1. The molecule has 1 heterocycles. The van der Waals surface area contributed by atoms with Crippen molar-refractivity contribution in [1.82, 2.24) is 10.2 Å². The summed E-state index contributed by atoms with van der Waals surface area (Å²) in [6.07, 6.45) is 12.4. The zero-order valence-electron chi connectivity index (χ0n) is 20.1. The molecule has 0 spiro atoms. The lowest BCUT2D eigenvalue weighted by atomic mass is 10.0. The number of hydrogen-bond acceptors (Lipinski definition) is 5. The van der Waals surface area contributed by atoms with Crippen LogP contribution in [0.25, 0.3) is 0 Å². The van der Waals surface area contributed by atoms with Crippen molar-refractivity contribution in [2.45, 2.75) is 57.3 Å². The van der Waals surface area contributed by atoms with Crippen molar-refractivity contribution >= 4 is 45.9 Å². The molecule has 9 heteroatoms. The van der Waals surface area contributed by atoms with E-state index in [2.05, 4.69) is 40.9 Å². The lowest BCUT2D eigenvalue weighted by molar-refractivity contribution is -0.128. The van der Waals surface area contributed by atoms with Crippen molar-refractivity contribution in [3.05, 3.63) is 59.5 Å². The number of aliphatic imine (C=N–C) groups is 1. The summed E-state index contributed by atoms with van der Waals surface area (Å²) in [5.41, 5.74) is 1.15. The minimum absolute atomic E-state index is 0.0471. The number of dihydropyridines is 1. The van der Waals surface area contributed by atoms with Gasteiger partial charge in [0.2, 0.25) is 5.91 Å². The molecule has 1 N–H and O–H groups in total. The monoisotopic (exact) mass is 529 g/mol. The normalized spacial score (nSPS) is 27.9. The lowest BCUT2D eigenvalue weighted by Crippen LogP contribution is -2.39. The standard InChI is InChI=1S/C25H34Cl3N3O3/c1-6-17(9-10-19(7-2)33-5)14-31(8-3)22-12-18(11-16(22)4)29-23(32)15-34-25-21(27)13-20(26)24(28)30-25/h6-10,13,16,18,21-22,25H,3,11-12,14-15H2,1-2,4-5H3,(H,29,32)/b10-9-,17-6-,19-7-. The van der Waals surface area contributed by atoms with Gasteiger partial charge in [-0.05, 0) is 62.6 Å². The molecular formula is C25H34Cl3N3O3. The van der Waals surface area contributed by atoms with Gasteiger partial charge in [0.1, 0.15) is 22.9 Å². The SMILES string of the molecule is C=CN(CC(/C=C\C(=C\C)OC)=C\C)C1CC(NC(=O)COC2N=C(Cl)C(Cl)=CC2Cl)CC1C. The molecule has 6 nitrogen and oxygen atoms in total. The highest BCUT2D eigenvalue weighted by atomic mass is 35.5.